The first-order chi connectivity index (χ1) is 18.6. The van der Waals surface area contributed by atoms with Crippen LogP contribution in [0.4, 0.5) is 0 Å². The van der Waals surface area contributed by atoms with Gasteiger partial charge in [0, 0.05) is 22.3 Å². The molecule has 0 radical (unpaired) electrons. The lowest BCUT2D eigenvalue weighted by Crippen LogP contribution is -2.09. The molecule has 0 unspecified atom stereocenters. The maximum absolute atomic E-state index is 12.7. The number of benzene rings is 4. The van der Waals surface area contributed by atoms with Crippen LogP contribution in [-0.2, 0) is 4.57 Å². The molecule has 10 nitrogen and oxygen atoms in total. The van der Waals surface area contributed by atoms with Gasteiger partial charge in [-0.25, -0.2) is 14.2 Å². The quantitative estimate of drug-likeness (QED) is 0.180. The van der Waals surface area contributed by atoms with Crippen molar-refractivity contribution in [3.05, 3.63) is 130 Å². The van der Waals surface area contributed by atoms with Gasteiger partial charge in [0.05, 0.1) is 11.1 Å². The summed E-state index contributed by atoms with van der Waals surface area (Å²) in [5, 5.41) is 18.6. The molecule has 0 atom stereocenters. The largest absolute Gasteiger partial charge is 0.584 e. The van der Waals surface area contributed by atoms with Gasteiger partial charge in [0.25, 0.3) is 0 Å². The summed E-state index contributed by atoms with van der Waals surface area (Å²) in [5.41, 5.74) is -0.0693. The highest BCUT2D eigenvalue weighted by atomic mass is 31.2. The Hall–Kier alpha value is -5.05. The molecule has 39 heavy (non-hydrogen) atoms. The van der Waals surface area contributed by atoms with Crippen LogP contribution in [0.25, 0.3) is 0 Å². The zero-order chi connectivity index (χ0) is 28.2. The third-order valence-corrected chi connectivity index (χ3v) is 6.36. The summed E-state index contributed by atoms with van der Waals surface area (Å²) in [7, 11) is -4.70. The molecule has 0 saturated heterocycles. The van der Waals surface area contributed by atoms with Gasteiger partial charge >= 0.3 is 19.8 Å². The highest BCUT2D eigenvalue weighted by Crippen LogP contribution is 2.44. The fraction of sp³-hybridized carbons (Fsp3) is 0. The average molecular weight is 546 g/mol. The van der Waals surface area contributed by atoms with Crippen LogP contribution in [0.3, 0.4) is 0 Å². The SMILES string of the molecule is O=C(O)c1ccccc1C(=O)c1ccc(OP(=O)(O)Oc2ccc(C(=O)c3ccccc3C(=O)O)cc2)cc1. The Morgan fingerprint density at radius 1 is 0.513 bits per heavy atom. The van der Waals surface area contributed by atoms with Gasteiger partial charge < -0.3 is 19.3 Å². The lowest BCUT2D eigenvalue weighted by molar-refractivity contribution is 0.0683. The number of carbonyl (C=O) groups excluding carboxylic acids is 2. The number of rotatable bonds is 10. The third-order valence-electron chi connectivity index (χ3n) is 5.48. The molecule has 0 aromatic heterocycles. The monoisotopic (exact) mass is 546 g/mol. The van der Waals surface area contributed by atoms with Gasteiger partial charge in [0.15, 0.2) is 11.6 Å². The van der Waals surface area contributed by atoms with E-state index in [0.29, 0.717) is 0 Å². The smallest absolute Gasteiger partial charge is 0.478 e. The third kappa shape index (κ3) is 6.27. The van der Waals surface area contributed by atoms with E-state index >= 15 is 0 Å². The van der Waals surface area contributed by atoms with E-state index < -0.39 is 31.3 Å². The first-order valence-corrected chi connectivity index (χ1v) is 12.7. The van der Waals surface area contributed by atoms with Crippen LogP contribution in [0.15, 0.2) is 97.1 Å². The Labute approximate surface area is 221 Å². The van der Waals surface area contributed by atoms with Crippen LogP contribution >= 0.6 is 7.82 Å². The Kier molecular flexibility index (Phi) is 7.71. The maximum Gasteiger partial charge on any atom is 0.584 e. The molecule has 0 aliphatic heterocycles. The fourth-order valence-corrected chi connectivity index (χ4v) is 4.48. The number of hydrogen-bond donors (Lipinski definition) is 3. The standard InChI is InChI=1S/C28H19O10P/c29-25(21-5-1-3-7-23(21)27(31)32)17-9-13-19(14-10-17)37-39(35,36)38-20-15-11-18(12-16-20)26(30)22-6-2-4-8-24(22)28(33)34/h1-16H,(H,31,32)(H,33,34)(H,35,36). The molecule has 4 aromatic rings. The van der Waals surface area contributed by atoms with E-state index in [1.54, 1.807) is 0 Å². The highest BCUT2D eigenvalue weighted by Gasteiger charge is 2.26. The van der Waals surface area contributed by atoms with Crippen molar-refractivity contribution in [2.75, 3.05) is 0 Å². The first-order valence-electron chi connectivity index (χ1n) is 11.2. The number of hydrogen-bond acceptors (Lipinski definition) is 7. The van der Waals surface area contributed by atoms with Crippen LogP contribution in [0.5, 0.6) is 11.5 Å². The minimum absolute atomic E-state index is 0.0109. The maximum atomic E-state index is 12.7. The predicted molar refractivity (Wildman–Crippen MR) is 138 cm³/mol. The van der Waals surface area contributed by atoms with Gasteiger partial charge in [-0.05, 0) is 60.7 Å². The zero-order valence-electron chi connectivity index (χ0n) is 19.9. The van der Waals surface area contributed by atoms with Crippen LogP contribution in [-0.4, -0.2) is 38.6 Å². The molecule has 0 bridgehead atoms. The van der Waals surface area contributed by atoms with Gasteiger partial charge in [-0.15, -0.1) is 0 Å². The van der Waals surface area contributed by atoms with Gasteiger partial charge in [0.1, 0.15) is 11.5 Å². The molecule has 0 fully saturated rings. The summed E-state index contributed by atoms with van der Waals surface area (Å²) in [6.07, 6.45) is 0. The van der Waals surface area contributed by atoms with Crippen LogP contribution in [0.1, 0.15) is 52.6 Å². The van der Waals surface area contributed by atoms with Crippen LogP contribution < -0.4 is 9.05 Å². The first kappa shape index (κ1) is 27.0. The molecule has 0 spiro atoms. The van der Waals surface area contributed by atoms with Gasteiger partial charge in [0.2, 0.25) is 0 Å². The van der Waals surface area contributed by atoms with Crippen molar-refractivity contribution >= 4 is 31.3 Å². The van der Waals surface area contributed by atoms with Crippen LogP contribution in [0, 0.1) is 0 Å². The number of carbonyl (C=O) groups is 4. The Bertz CT molecular complexity index is 1510. The van der Waals surface area contributed by atoms with E-state index in [1.807, 2.05) is 0 Å². The van der Waals surface area contributed by atoms with E-state index in [2.05, 4.69) is 0 Å². The topological polar surface area (TPSA) is 164 Å². The molecule has 0 amide bonds. The second kappa shape index (κ2) is 11.1. The van der Waals surface area contributed by atoms with Crippen molar-refractivity contribution in [1.82, 2.24) is 0 Å². The average Bonchev–Trinajstić information content (AvgIpc) is 2.92. The minimum atomic E-state index is -4.70. The van der Waals surface area contributed by atoms with E-state index in [0.717, 1.165) is 0 Å². The van der Waals surface area contributed by atoms with E-state index in [1.165, 1.54) is 97.1 Å². The second-order valence-electron chi connectivity index (χ2n) is 8.06. The lowest BCUT2D eigenvalue weighted by atomic mass is 9.98. The Morgan fingerprint density at radius 2 is 0.821 bits per heavy atom. The molecule has 4 aromatic carbocycles. The molecule has 0 aliphatic carbocycles. The van der Waals surface area contributed by atoms with Crippen LogP contribution in [0.2, 0.25) is 0 Å². The predicted octanol–water partition coefficient (Wildman–Crippen LogP) is 5.10. The number of ketones is 2. The van der Waals surface area contributed by atoms with E-state index in [-0.39, 0.29) is 44.9 Å². The minimum Gasteiger partial charge on any atom is -0.478 e. The molecule has 11 heteroatoms. The number of phosphoric ester groups is 1. The molecular weight excluding hydrogens is 527 g/mol. The number of aromatic carboxylic acids is 2. The molecule has 3 N–H and O–H groups in total. The molecule has 0 heterocycles. The van der Waals surface area contributed by atoms with Gasteiger partial charge in [-0.2, -0.15) is 0 Å². The lowest BCUT2D eigenvalue weighted by Gasteiger charge is -2.14. The summed E-state index contributed by atoms with van der Waals surface area (Å²) >= 11 is 0. The highest BCUT2D eigenvalue weighted by molar-refractivity contribution is 7.48. The molecule has 4 rings (SSSR count). The summed E-state index contributed by atoms with van der Waals surface area (Å²) < 4.78 is 22.6. The molecule has 0 saturated carbocycles. The van der Waals surface area contributed by atoms with E-state index in [4.69, 9.17) is 9.05 Å². The Balaban J connectivity index is 1.44. The molecule has 0 aliphatic rings. The fourth-order valence-electron chi connectivity index (χ4n) is 3.67. The van der Waals surface area contributed by atoms with Gasteiger partial charge in [-0.3, -0.25) is 14.5 Å². The summed E-state index contributed by atoms with van der Waals surface area (Å²) in [5.74, 6) is -3.80. The van der Waals surface area contributed by atoms with Crippen molar-refractivity contribution in [2.24, 2.45) is 0 Å². The Morgan fingerprint density at radius 3 is 1.13 bits per heavy atom. The normalized spacial score (nSPS) is 10.9. The van der Waals surface area contributed by atoms with Crippen molar-refractivity contribution in [2.45, 2.75) is 0 Å². The number of carboxylic acids is 2. The summed E-state index contributed by atoms with van der Waals surface area (Å²) in [4.78, 5) is 58.4. The summed E-state index contributed by atoms with van der Waals surface area (Å²) in [6, 6.07) is 21.7. The van der Waals surface area contributed by atoms with E-state index in [9.17, 15) is 38.8 Å². The number of phosphoric acid groups is 1. The van der Waals surface area contributed by atoms with Crippen molar-refractivity contribution in [1.29, 1.82) is 0 Å². The summed E-state index contributed by atoms with van der Waals surface area (Å²) in [6.45, 7) is 0. The molecular formula is C28H19O10P. The molecule has 196 valence electrons. The van der Waals surface area contributed by atoms with Gasteiger partial charge in [-0.1, -0.05) is 36.4 Å². The second-order valence-corrected chi connectivity index (χ2v) is 9.36. The number of carboxylic acid groups (broad SMARTS) is 2. The van der Waals surface area contributed by atoms with Crippen molar-refractivity contribution < 1.29 is 47.9 Å². The zero-order valence-corrected chi connectivity index (χ0v) is 20.8. The van der Waals surface area contributed by atoms with Crippen molar-refractivity contribution in [3.8, 4) is 11.5 Å². The van der Waals surface area contributed by atoms with Crippen molar-refractivity contribution in [3.63, 3.8) is 0 Å².